The van der Waals surface area contributed by atoms with E-state index in [1.165, 1.54) is 6.07 Å². The first kappa shape index (κ1) is 27.2. The van der Waals surface area contributed by atoms with E-state index in [2.05, 4.69) is 25.1 Å². The van der Waals surface area contributed by atoms with E-state index in [1.54, 1.807) is 33.4 Å². The molecule has 204 valence electrons. The number of carbonyl (C=O) groups is 1. The number of fused-ring (bicyclic) bond motifs is 2. The zero-order valence-corrected chi connectivity index (χ0v) is 20.1. The highest BCUT2D eigenvalue weighted by molar-refractivity contribution is 5.73. The molecule has 1 aliphatic rings. The minimum atomic E-state index is -5.08. The number of hydrogen-bond acceptors (Lipinski definition) is 6. The quantitative estimate of drug-likeness (QED) is 0.362. The van der Waals surface area contributed by atoms with Crippen molar-refractivity contribution in [1.82, 2.24) is 29.3 Å². The molecule has 5 rings (SSSR count). The Morgan fingerprint density at radius 2 is 1.74 bits per heavy atom. The molecule has 0 amide bonds. The van der Waals surface area contributed by atoms with Gasteiger partial charge in [0, 0.05) is 23.9 Å². The molecule has 1 fully saturated rings. The topological polar surface area (TPSA) is 106 Å². The first-order valence-corrected chi connectivity index (χ1v) is 11.4. The molecule has 1 saturated heterocycles. The number of aryl methyl sites for hydroxylation is 2. The summed E-state index contributed by atoms with van der Waals surface area (Å²) in [5.41, 5.74) is 4.33. The van der Waals surface area contributed by atoms with Crippen LogP contribution in [0, 0.1) is 13.8 Å². The maximum absolute atomic E-state index is 13.1. The van der Waals surface area contributed by atoms with Gasteiger partial charge in [0.05, 0.1) is 22.8 Å². The maximum Gasteiger partial charge on any atom is 0.573 e. The number of ether oxygens (including phenoxy) is 1. The Bertz CT molecular complexity index is 1470. The maximum atomic E-state index is 13.1. The summed E-state index contributed by atoms with van der Waals surface area (Å²) in [4.78, 5) is 17.8. The van der Waals surface area contributed by atoms with Crippen LogP contribution in [0.5, 0.6) is 5.75 Å². The summed E-state index contributed by atoms with van der Waals surface area (Å²) in [5, 5.41) is 15.0. The largest absolute Gasteiger partial charge is 0.573 e. The lowest BCUT2D eigenvalue weighted by Crippen LogP contribution is -2.26. The van der Waals surface area contributed by atoms with E-state index in [1.807, 2.05) is 13.8 Å². The lowest BCUT2D eigenvalue weighted by atomic mass is 9.95. The summed E-state index contributed by atoms with van der Waals surface area (Å²) >= 11 is 0. The zero-order valence-electron chi connectivity index (χ0n) is 20.1. The SMILES string of the molecule is Cc1nc2ccc(-c3cc(OC(F)(F)F)c4nc(C5CCNCC5)cn4c3)nn2c1C.O=C(O)C(F)(F)F. The Labute approximate surface area is 211 Å². The highest BCUT2D eigenvalue weighted by Gasteiger charge is 2.38. The number of rotatable bonds is 3. The molecule has 5 heterocycles. The standard InChI is InChI=1S/C21H21F3N6O.C2HF3O2/c1-12-13(2)30-19(26-12)4-3-16(28-30)15-9-18(31-21(22,23)24)20-27-17(11-29(20)10-15)14-5-7-25-8-6-14;3-2(4,5)1(6)7/h3-4,9-11,14,25H,5-8H2,1-2H3;(H,6,7). The van der Waals surface area contributed by atoms with Crippen LogP contribution in [0.15, 0.2) is 30.6 Å². The number of nitrogens with zero attached hydrogens (tertiary/aromatic N) is 5. The van der Waals surface area contributed by atoms with Gasteiger partial charge in [-0.05, 0) is 58.0 Å². The molecule has 4 aromatic heterocycles. The zero-order chi connectivity index (χ0) is 27.8. The minimum Gasteiger partial charge on any atom is -0.475 e. The van der Waals surface area contributed by atoms with Crippen LogP contribution in [0.2, 0.25) is 0 Å². The van der Waals surface area contributed by atoms with Crippen molar-refractivity contribution in [3.8, 4) is 17.0 Å². The summed E-state index contributed by atoms with van der Waals surface area (Å²) in [5.74, 6) is -2.90. The number of carboxylic acids is 1. The van der Waals surface area contributed by atoms with Crippen LogP contribution in [0.25, 0.3) is 22.6 Å². The second-order valence-corrected chi connectivity index (χ2v) is 8.64. The monoisotopic (exact) mass is 544 g/mol. The Hall–Kier alpha value is -3.88. The van der Waals surface area contributed by atoms with E-state index in [0.717, 1.165) is 43.0 Å². The van der Waals surface area contributed by atoms with Crippen LogP contribution in [0.3, 0.4) is 0 Å². The number of pyridine rings is 1. The third-order valence-electron chi connectivity index (χ3n) is 6.00. The van der Waals surface area contributed by atoms with Crippen molar-refractivity contribution < 1.29 is 41.0 Å². The summed E-state index contributed by atoms with van der Waals surface area (Å²) in [6.45, 7) is 5.51. The number of halogens is 6. The lowest BCUT2D eigenvalue weighted by Gasteiger charge is -2.20. The van der Waals surface area contributed by atoms with E-state index < -0.39 is 18.5 Å². The molecule has 0 atom stereocenters. The second-order valence-electron chi connectivity index (χ2n) is 8.64. The number of nitrogens with one attached hydrogen (secondary N) is 1. The molecule has 15 heteroatoms. The van der Waals surface area contributed by atoms with Crippen molar-refractivity contribution in [2.75, 3.05) is 13.1 Å². The van der Waals surface area contributed by atoms with Crippen LogP contribution >= 0.6 is 0 Å². The Balaban J connectivity index is 0.000000426. The van der Waals surface area contributed by atoms with Crippen LogP contribution in [0.4, 0.5) is 26.3 Å². The highest BCUT2D eigenvalue weighted by Crippen LogP contribution is 2.33. The lowest BCUT2D eigenvalue weighted by molar-refractivity contribution is -0.274. The van der Waals surface area contributed by atoms with Crippen LogP contribution in [-0.2, 0) is 4.79 Å². The minimum absolute atomic E-state index is 0.144. The molecule has 0 radical (unpaired) electrons. The van der Waals surface area contributed by atoms with Gasteiger partial charge in [0.15, 0.2) is 17.0 Å². The van der Waals surface area contributed by atoms with E-state index in [9.17, 15) is 26.3 Å². The molecule has 0 aromatic carbocycles. The van der Waals surface area contributed by atoms with Gasteiger partial charge in [-0.3, -0.25) is 0 Å². The number of aromatic nitrogens is 5. The third kappa shape index (κ3) is 5.98. The molecular weight excluding hydrogens is 522 g/mol. The Morgan fingerprint density at radius 1 is 1.08 bits per heavy atom. The van der Waals surface area contributed by atoms with Gasteiger partial charge >= 0.3 is 18.5 Å². The van der Waals surface area contributed by atoms with Crippen molar-refractivity contribution >= 4 is 17.3 Å². The number of hydrogen-bond donors (Lipinski definition) is 2. The van der Waals surface area contributed by atoms with E-state index in [0.29, 0.717) is 16.9 Å². The fourth-order valence-electron chi connectivity index (χ4n) is 4.05. The summed E-state index contributed by atoms with van der Waals surface area (Å²) in [6, 6.07) is 4.88. The molecule has 4 aromatic rings. The number of imidazole rings is 2. The van der Waals surface area contributed by atoms with Gasteiger partial charge in [0.25, 0.3) is 0 Å². The van der Waals surface area contributed by atoms with Gasteiger partial charge < -0.3 is 19.6 Å². The Kier molecular flexibility index (Phi) is 7.23. The first-order chi connectivity index (χ1) is 17.7. The first-order valence-electron chi connectivity index (χ1n) is 11.4. The van der Waals surface area contributed by atoms with Crippen molar-refractivity contribution in [3.63, 3.8) is 0 Å². The van der Waals surface area contributed by atoms with Crippen LogP contribution in [0.1, 0.15) is 35.8 Å². The van der Waals surface area contributed by atoms with Crippen molar-refractivity contribution in [1.29, 1.82) is 0 Å². The molecule has 0 spiro atoms. The van der Waals surface area contributed by atoms with Gasteiger partial charge in [-0.1, -0.05) is 0 Å². The molecule has 0 unspecified atom stereocenters. The highest BCUT2D eigenvalue weighted by atomic mass is 19.4. The molecule has 1 aliphatic heterocycles. The average molecular weight is 544 g/mol. The molecule has 0 aliphatic carbocycles. The number of aliphatic carboxylic acids is 1. The normalized spacial score (nSPS) is 14.9. The van der Waals surface area contributed by atoms with Crippen molar-refractivity contribution in [3.05, 3.63) is 47.7 Å². The molecule has 0 bridgehead atoms. The Morgan fingerprint density at radius 3 is 2.34 bits per heavy atom. The number of alkyl halides is 6. The van der Waals surface area contributed by atoms with Gasteiger partial charge in [0.2, 0.25) is 0 Å². The predicted octanol–water partition coefficient (Wildman–Crippen LogP) is 4.66. The fourth-order valence-corrected chi connectivity index (χ4v) is 4.05. The summed E-state index contributed by atoms with van der Waals surface area (Å²) in [6.07, 6.45) is -4.59. The van der Waals surface area contributed by atoms with Crippen LogP contribution in [-0.4, -0.2) is 60.7 Å². The average Bonchev–Trinajstić information content (AvgIpc) is 3.39. The van der Waals surface area contributed by atoms with Gasteiger partial charge in [-0.15, -0.1) is 13.2 Å². The molecule has 9 nitrogen and oxygen atoms in total. The van der Waals surface area contributed by atoms with E-state index in [4.69, 9.17) is 9.90 Å². The number of piperidine rings is 1. The summed E-state index contributed by atoms with van der Waals surface area (Å²) in [7, 11) is 0. The molecular formula is C23H22F6N6O3. The smallest absolute Gasteiger partial charge is 0.475 e. The van der Waals surface area contributed by atoms with Gasteiger partial charge in [0.1, 0.15) is 0 Å². The van der Waals surface area contributed by atoms with Crippen molar-refractivity contribution in [2.24, 2.45) is 0 Å². The molecule has 38 heavy (non-hydrogen) atoms. The fraction of sp³-hybridized carbons (Fsp3) is 0.391. The third-order valence-corrected chi connectivity index (χ3v) is 6.00. The molecule has 2 N–H and O–H groups in total. The second kappa shape index (κ2) is 10.1. The summed E-state index contributed by atoms with van der Waals surface area (Å²) < 4.78 is 78.8. The van der Waals surface area contributed by atoms with Crippen molar-refractivity contribution in [2.45, 2.75) is 45.1 Å². The van der Waals surface area contributed by atoms with E-state index in [-0.39, 0.29) is 17.3 Å². The van der Waals surface area contributed by atoms with Gasteiger partial charge in [-0.25, -0.2) is 19.3 Å². The van der Waals surface area contributed by atoms with Gasteiger partial charge in [-0.2, -0.15) is 18.3 Å². The van der Waals surface area contributed by atoms with E-state index >= 15 is 0 Å². The number of carboxylic acid groups (broad SMARTS) is 1. The predicted molar refractivity (Wildman–Crippen MR) is 122 cm³/mol. The van der Waals surface area contributed by atoms with Crippen LogP contribution < -0.4 is 10.1 Å². The molecule has 0 saturated carbocycles.